The van der Waals surface area contributed by atoms with Crippen LogP contribution in [-0.2, 0) is 9.57 Å². The van der Waals surface area contributed by atoms with Gasteiger partial charge in [0.15, 0.2) is 0 Å². The fraction of sp³-hybridized carbons (Fsp3) is 1.00. The van der Waals surface area contributed by atoms with Crippen molar-refractivity contribution in [2.75, 3.05) is 0 Å². The maximum absolute atomic E-state index is 9.68. The van der Waals surface area contributed by atoms with Crippen molar-refractivity contribution in [2.24, 2.45) is 0 Å². The second-order valence-corrected chi connectivity index (χ2v) is 2.87. The maximum Gasteiger partial charge on any atom is 0.297 e. The standard InChI is InChI=1S/C4H8BrNO4/c1-3(5)9-4(2)10-6(7)8/h3-4H,1-2H3. The molecule has 0 saturated carbocycles. The lowest BCUT2D eigenvalue weighted by Gasteiger charge is -2.11. The average molecular weight is 214 g/mol. The van der Waals surface area contributed by atoms with Gasteiger partial charge in [-0.3, -0.25) is 4.84 Å². The Hall–Kier alpha value is -0.360. The number of halogens is 1. The van der Waals surface area contributed by atoms with Gasteiger partial charge in [0.2, 0.25) is 6.29 Å². The quantitative estimate of drug-likeness (QED) is 0.306. The predicted octanol–water partition coefficient (Wildman–Crippen LogP) is 1.30. The molecule has 2 unspecified atom stereocenters. The molecule has 2 atom stereocenters. The summed E-state index contributed by atoms with van der Waals surface area (Å²) >= 11 is 3.04. The lowest BCUT2D eigenvalue weighted by molar-refractivity contribution is -0.779. The van der Waals surface area contributed by atoms with E-state index in [9.17, 15) is 10.1 Å². The van der Waals surface area contributed by atoms with E-state index in [0.29, 0.717) is 0 Å². The highest BCUT2D eigenvalue weighted by Crippen LogP contribution is 2.04. The number of hydrogen-bond donors (Lipinski definition) is 0. The Morgan fingerprint density at radius 2 is 2.10 bits per heavy atom. The summed E-state index contributed by atoms with van der Waals surface area (Å²) in [6, 6.07) is 0. The summed E-state index contributed by atoms with van der Waals surface area (Å²) < 4.78 is 4.81. The smallest absolute Gasteiger partial charge is 0.297 e. The van der Waals surface area contributed by atoms with Crippen LogP contribution in [0.2, 0.25) is 0 Å². The van der Waals surface area contributed by atoms with Crippen molar-refractivity contribution >= 4 is 15.9 Å². The van der Waals surface area contributed by atoms with Crippen molar-refractivity contribution in [2.45, 2.75) is 25.2 Å². The molecule has 60 valence electrons. The molecule has 0 aromatic rings. The van der Waals surface area contributed by atoms with Crippen LogP contribution in [0.4, 0.5) is 0 Å². The van der Waals surface area contributed by atoms with E-state index >= 15 is 0 Å². The van der Waals surface area contributed by atoms with Gasteiger partial charge in [0.1, 0.15) is 5.01 Å². The van der Waals surface area contributed by atoms with Crippen LogP contribution in [0.5, 0.6) is 0 Å². The van der Waals surface area contributed by atoms with Gasteiger partial charge in [0, 0.05) is 0 Å². The van der Waals surface area contributed by atoms with Crippen LogP contribution in [0.1, 0.15) is 13.8 Å². The lowest BCUT2D eigenvalue weighted by Crippen LogP contribution is -2.19. The summed E-state index contributed by atoms with van der Waals surface area (Å²) in [5.74, 6) is 0. The minimum Gasteiger partial charge on any atom is -0.338 e. The molecule has 0 heterocycles. The number of ether oxygens (including phenoxy) is 1. The molecule has 0 amide bonds. The van der Waals surface area contributed by atoms with Gasteiger partial charge in [0.05, 0.1) is 0 Å². The van der Waals surface area contributed by atoms with Crippen LogP contribution in [0.25, 0.3) is 0 Å². The van der Waals surface area contributed by atoms with Gasteiger partial charge in [0.25, 0.3) is 5.09 Å². The Balaban J connectivity index is 3.43. The fourth-order valence-electron chi connectivity index (χ4n) is 0.410. The molecule has 0 bridgehead atoms. The van der Waals surface area contributed by atoms with Crippen LogP contribution >= 0.6 is 15.9 Å². The first kappa shape index (κ1) is 9.64. The molecule has 0 aliphatic heterocycles. The van der Waals surface area contributed by atoms with Gasteiger partial charge in [-0.05, 0) is 13.8 Å². The molecular formula is C4H8BrNO4. The molecule has 0 aliphatic carbocycles. The zero-order chi connectivity index (χ0) is 8.15. The second kappa shape index (κ2) is 4.45. The summed E-state index contributed by atoms with van der Waals surface area (Å²) in [7, 11) is 0. The van der Waals surface area contributed by atoms with Gasteiger partial charge < -0.3 is 4.74 Å². The Morgan fingerprint density at radius 3 is 2.40 bits per heavy atom. The molecule has 10 heavy (non-hydrogen) atoms. The highest BCUT2D eigenvalue weighted by Gasteiger charge is 2.08. The van der Waals surface area contributed by atoms with Crippen LogP contribution in [0.15, 0.2) is 0 Å². The zero-order valence-corrected chi connectivity index (χ0v) is 7.20. The second-order valence-electron chi connectivity index (χ2n) is 1.58. The van der Waals surface area contributed by atoms with E-state index in [-0.39, 0.29) is 5.01 Å². The monoisotopic (exact) mass is 213 g/mol. The number of alkyl halides is 1. The third-order valence-electron chi connectivity index (χ3n) is 0.614. The van der Waals surface area contributed by atoms with E-state index in [1.807, 2.05) is 0 Å². The Morgan fingerprint density at radius 1 is 1.60 bits per heavy atom. The largest absolute Gasteiger partial charge is 0.338 e. The lowest BCUT2D eigenvalue weighted by atomic mass is 10.7. The Labute approximate surface area is 66.5 Å². The minimum absolute atomic E-state index is 0.248. The number of rotatable bonds is 4. The first-order valence-corrected chi connectivity index (χ1v) is 3.54. The fourth-order valence-corrected chi connectivity index (χ4v) is 0.714. The minimum atomic E-state index is -0.889. The van der Waals surface area contributed by atoms with Gasteiger partial charge >= 0.3 is 0 Å². The number of hydrogen-bond acceptors (Lipinski definition) is 4. The van der Waals surface area contributed by atoms with E-state index < -0.39 is 11.4 Å². The third-order valence-corrected chi connectivity index (χ3v) is 0.829. The Bertz CT molecular complexity index is 118. The zero-order valence-electron chi connectivity index (χ0n) is 5.61. The van der Waals surface area contributed by atoms with Crippen molar-refractivity contribution < 1.29 is 14.7 Å². The van der Waals surface area contributed by atoms with E-state index in [1.165, 1.54) is 6.92 Å². The maximum atomic E-state index is 9.68. The molecular weight excluding hydrogens is 206 g/mol. The van der Waals surface area contributed by atoms with Crippen LogP contribution in [0, 0.1) is 10.1 Å². The third kappa shape index (κ3) is 5.77. The summed E-state index contributed by atoms with van der Waals surface area (Å²) in [5, 5.41) is 8.54. The SMILES string of the molecule is CC(Br)OC(C)O[N+](=O)[O-]. The van der Waals surface area contributed by atoms with Crippen LogP contribution < -0.4 is 0 Å². The Kier molecular flexibility index (Phi) is 4.29. The van der Waals surface area contributed by atoms with Crippen molar-refractivity contribution in [1.29, 1.82) is 0 Å². The summed E-state index contributed by atoms with van der Waals surface area (Å²) in [5.41, 5.74) is 0. The molecule has 0 fully saturated rings. The molecule has 0 spiro atoms. The molecule has 0 rings (SSSR count). The summed E-state index contributed by atoms with van der Waals surface area (Å²) in [4.78, 5) is 13.7. The molecule has 0 N–H and O–H groups in total. The topological polar surface area (TPSA) is 61.6 Å². The summed E-state index contributed by atoms with van der Waals surface area (Å²) in [6.07, 6.45) is -0.829. The summed E-state index contributed by atoms with van der Waals surface area (Å²) in [6.45, 7) is 3.14. The number of nitrogens with zero attached hydrogens (tertiary/aromatic N) is 1. The first-order valence-electron chi connectivity index (χ1n) is 2.63. The molecule has 0 aliphatic rings. The highest BCUT2D eigenvalue weighted by atomic mass is 79.9. The first-order chi connectivity index (χ1) is 4.52. The van der Waals surface area contributed by atoms with Gasteiger partial charge in [-0.1, -0.05) is 15.9 Å². The predicted molar refractivity (Wildman–Crippen MR) is 37.0 cm³/mol. The average Bonchev–Trinajstić information content (AvgIpc) is 1.58. The molecule has 5 nitrogen and oxygen atoms in total. The van der Waals surface area contributed by atoms with E-state index in [0.717, 1.165) is 0 Å². The van der Waals surface area contributed by atoms with E-state index in [1.54, 1.807) is 6.92 Å². The van der Waals surface area contributed by atoms with Crippen molar-refractivity contribution in [3.63, 3.8) is 0 Å². The van der Waals surface area contributed by atoms with Crippen LogP contribution in [0.3, 0.4) is 0 Å². The van der Waals surface area contributed by atoms with Gasteiger partial charge in [-0.2, -0.15) is 0 Å². The normalized spacial score (nSPS) is 15.9. The molecule has 0 aromatic heterocycles. The molecule has 0 saturated heterocycles. The molecule has 0 aromatic carbocycles. The molecule has 6 heteroatoms. The van der Waals surface area contributed by atoms with Crippen LogP contribution in [-0.4, -0.2) is 16.4 Å². The van der Waals surface area contributed by atoms with Crippen molar-refractivity contribution in [1.82, 2.24) is 0 Å². The van der Waals surface area contributed by atoms with E-state index in [4.69, 9.17) is 4.74 Å². The highest BCUT2D eigenvalue weighted by molar-refractivity contribution is 9.09. The van der Waals surface area contributed by atoms with Crippen molar-refractivity contribution in [3.05, 3.63) is 10.1 Å². The van der Waals surface area contributed by atoms with Crippen molar-refractivity contribution in [3.8, 4) is 0 Å². The van der Waals surface area contributed by atoms with Gasteiger partial charge in [-0.25, -0.2) is 0 Å². The van der Waals surface area contributed by atoms with E-state index in [2.05, 4.69) is 20.8 Å². The van der Waals surface area contributed by atoms with Gasteiger partial charge in [-0.15, -0.1) is 10.1 Å². The molecule has 0 radical (unpaired) electrons.